The minimum Gasteiger partial charge on any atom is -0.496 e. The first-order chi connectivity index (χ1) is 14.9. The Balaban J connectivity index is 1.70. The zero-order valence-electron chi connectivity index (χ0n) is 16.8. The number of carboxylic acids is 1. The smallest absolute Gasteiger partial charge is 0.326 e. The molecule has 3 rings (SSSR count). The molecule has 3 aromatic carbocycles. The highest BCUT2D eigenvalue weighted by Crippen LogP contribution is 2.29. The molecule has 3 aromatic rings. The lowest BCUT2D eigenvalue weighted by molar-refractivity contribution is -0.141. The highest BCUT2D eigenvalue weighted by atomic mass is 35.5. The largest absolute Gasteiger partial charge is 0.496 e. The molecule has 31 heavy (non-hydrogen) atoms. The van der Waals surface area contributed by atoms with E-state index in [2.05, 4.69) is 5.32 Å². The molecule has 0 radical (unpaired) electrons. The zero-order valence-corrected chi connectivity index (χ0v) is 18.3. The second-order valence-corrected chi connectivity index (χ2v) is 7.75. The van der Waals surface area contributed by atoms with Crippen LogP contribution in [0.1, 0.15) is 11.1 Å². The highest BCUT2D eigenvalue weighted by molar-refractivity contribution is 6.36. The summed E-state index contributed by atoms with van der Waals surface area (Å²) in [4.78, 5) is 24.1. The summed E-state index contributed by atoms with van der Waals surface area (Å²) in [6.07, 6.45) is 0.0402. The summed E-state index contributed by atoms with van der Waals surface area (Å²) >= 11 is 12.2. The van der Waals surface area contributed by atoms with Gasteiger partial charge in [0.1, 0.15) is 11.8 Å². The van der Waals surface area contributed by atoms with Gasteiger partial charge in [-0.2, -0.15) is 0 Å². The lowest BCUT2D eigenvalue weighted by Crippen LogP contribution is -2.43. The third kappa shape index (κ3) is 5.78. The molecule has 1 atom stereocenters. The summed E-state index contributed by atoms with van der Waals surface area (Å²) in [5, 5.41) is 12.9. The second kappa shape index (κ2) is 10.3. The van der Waals surface area contributed by atoms with Crippen molar-refractivity contribution < 1.29 is 19.4 Å². The number of carbonyl (C=O) groups is 2. The minimum absolute atomic E-state index is 0.102. The molecule has 0 fully saturated rings. The van der Waals surface area contributed by atoms with Crippen LogP contribution in [0.3, 0.4) is 0 Å². The van der Waals surface area contributed by atoms with Crippen molar-refractivity contribution in [3.8, 4) is 16.9 Å². The van der Waals surface area contributed by atoms with Gasteiger partial charge in [-0.1, -0.05) is 71.7 Å². The molecule has 0 aliphatic rings. The number of hydrogen-bond acceptors (Lipinski definition) is 3. The maximum atomic E-state index is 12.4. The van der Waals surface area contributed by atoms with Crippen LogP contribution in [-0.4, -0.2) is 30.1 Å². The van der Waals surface area contributed by atoms with Gasteiger partial charge in [-0.05, 0) is 34.9 Å². The van der Waals surface area contributed by atoms with E-state index in [0.29, 0.717) is 15.6 Å². The molecular formula is C24H21Cl2NO4. The number of halogens is 2. The van der Waals surface area contributed by atoms with E-state index in [-0.39, 0.29) is 12.8 Å². The van der Waals surface area contributed by atoms with Gasteiger partial charge in [-0.25, -0.2) is 4.79 Å². The average molecular weight is 458 g/mol. The monoisotopic (exact) mass is 457 g/mol. The Morgan fingerprint density at radius 2 is 1.61 bits per heavy atom. The van der Waals surface area contributed by atoms with E-state index < -0.39 is 17.9 Å². The van der Waals surface area contributed by atoms with Crippen molar-refractivity contribution in [2.75, 3.05) is 7.11 Å². The van der Waals surface area contributed by atoms with Gasteiger partial charge in [0.2, 0.25) is 5.91 Å². The van der Waals surface area contributed by atoms with Gasteiger partial charge in [0, 0.05) is 22.0 Å². The lowest BCUT2D eigenvalue weighted by atomic mass is 10.00. The predicted molar refractivity (Wildman–Crippen MR) is 122 cm³/mol. The van der Waals surface area contributed by atoms with E-state index in [4.69, 9.17) is 27.9 Å². The number of carbonyl (C=O) groups excluding carboxylic acids is 1. The second-order valence-electron chi connectivity index (χ2n) is 6.94. The number of benzene rings is 3. The van der Waals surface area contributed by atoms with E-state index in [1.54, 1.807) is 25.3 Å². The first kappa shape index (κ1) is 22.7. The maximum absolute atomic E-state index is 12.4. The molecule has 0 aromatic heterocycles. The topological polar surface area (TPSA) is 75.6 Å². The molecule has 0 aliphatic heterocycles. The summed E-state index contributed by atoms with van der Waals surface area (Å²) in [6, 6.07) is 19.0. The summed E-state index contributed by atoms with van der Waals surface area (Å²) in [5.41, 5.74) is 3.14. The van der Waals surface area contributed by atoms with Crippen LogP contribution in [0, 0.1) is 0 Å². The van der Waals surface area contributed by atoms with Crippen LogP contribution in [0.5, 0.6) is 5.75 Å². The van der Waals surface area contributed by atoms with E-state index in [9.17, 15) is 14.7 Å². The van der Waals surface area contributed by atoms with Crippen LogP contribution in [-0.2, 0) is 22.4 Å². The number of carboxylic acid groups (broad SMARTS) is 1. The molecule has 7 heteroatoms. The van der Waals surface area contributed by atoms with Crippen LogP contribution >= 0.6 is 23.2 Å². The first-order valence-electron chi connectivity index (χ1n) is 9.56. The Kier molecular flexibility index (Phi) is 7.55. The van der Waals surface area contributed by atoms with Gasteiger partial charge in [0.15, 0.2) is 0 Å². The quantitative estimate of drug-likeness (QED) is 0.497. The van der Waals surface area contributed by atoms with Crippen LogP contribution < -0.4 is 10.1 Å². The van der Waals surface area contributed by atoms with E-state index in [0.717, 1.165) is 22.4 Å². The van der Waals surface area contributed by atoms with E-state index in [1.165, 1.54) is 0 Å². The number of methoxy groups -OCH3 is 1. The van der Waals surface area contributed by atoms with Crippen LogP contribution in [0.15, 0.2) is 66.7 Å². The molecule has 5 nitrogen and oxygen atoms in total. The van der Waals surface area contributed by atoms with Crippen molar-refractivity contribution in [2.45, 2.75) is 18.9 Å². The Hall–Kier alpha value is -3.02. The fraction of sp³-hybridized carbons (Fsp3) is 0.167. The molecule has 1 amide bonds. The van der Waals surface area contributed by atoms with Crippen molar-refractivity contribution in [3.63, 3.8) is 0 Å². The fourth-order valence-corrected chi connectivity index (χ4v) is 3.78. The molecular weight excluding hydrogens is 437 g/mol. The number of hydrogen-bond donors (Lipinski definition) is 2. The van der Waals surface area contributed by atoms with Crippen molar-refractivity contribution >= 4 is 35.1 Å². The van der Waals surface area contributed by atoms with E-state index in [1.807, 2.05) is 48.5 Å². The van der Waals surface area contributed by atoms with Gasteiger partial charge in [-0.3, -0.25) is 4.79 Å². The normalized spacial score (nSPS) is 11.6. The standard InChI is InChI=1S/C24H21Cl2NO4/c1-31-22-8-3-2-5-17(22)16-11-9-15(10-12-16)13-21(24(29)30)27-23(28)14-18-19(25)6-4-7-20(18)26/h2-12,21H,13-14H2,1H3,(H,27,28)(H,29,30)/t21-/m0/s1. The SMILES string of the molecule is COc1ccccc1-c1ccc(C[C@H](NC(=O)Cc2c(Cl)cccc2Cl)C(=O)O)cc1. The predicted octanol–water partition coefficient (Wildman–Crippen LogP) is 5.02. The van der Waals surface area contributed by atoms with Crippen LogP contribution in [0.2, 0.25) is 10.0 Å². The molecule has 0 unspecified atom stereocenters. The van der Waals surface area contributed by atoms with Gasteiger partial charge < -0.3 is 15.2 Å². The third-order valence-electron chi connectivity index (χ3n) is 4.84. The molecule has 0 saturated heterocycles. The van der Waals surface area contributed by atoms with Crippen LogP contribution in [0.25, 0.3) is 11.1 Å². The molecule has 0 heterocycles. The van der Waals surface area contributed by atoms with Crippen molar-refractivity contribution in [3.05, 3.63) is 87.9 Å². The number of amides is 1. The zero-order chi connectivity index (χ0) is 22.4. The number of ether oxygens (including phenoxy) is 1. The maximum Gasteiger partial charge on any atom is 0.326 e. The van der Waals surface area contributed by atoms with Crippen molar-refractivity contribution in [1.29, 1.82) is 0 Å². The number of rotatable bonds is 8. The van der Waals surface area contributed by atoms with Gasteiger partial charge >= 0.3 is 5.97 Å². The number of para-hydroxylation sites is 1. The summed E-state index contributed by atoms with van der Waals surface area (Å²) in [5.74, 6) is -0.829. The summed E-state index contributed by atoms with van der Waals surface area (Å²) in [7, 11) is 1.61. The van der Waals surface area contributed by atoms with Gasteiger partial charge in [0.05, 0.1) is 13.5 Å². The summed E-state index contributed by atoms with van der Waals surface area (Å²) in [6.45, 7) is 0. The fourth-order valence-electron chi connectivity index (χ4n) is 3.25. The van der Waals surface area contributed by atoms with Crippen molar-refractivity contribution in [1.82, 2.24) is 5.32 Å². The van der Waals surface area contributed by atoms with Gasteiger partial charge in [0.25, 0.3) is 0 Å². The molecule has 0 saturated carbocycles. The average Bonchev–Trinajstić information content (AvgIpc) is 2.76. The Morgan fingerprint density at radius 3 is 2.23 bits per heavy atom. The highest BCUT2D eigenvalue weighted by Gasteiger charge is 2.21. The van der Waals surface area contributed by atoms with Gasteiger partial charge in [-0.15, -0.1) is 0 Å². The van der Waals surface area contributed by atoms with E-state index >= 15 is 0 Å². The van der Waals surface area contributed by atoms with Crippen LogP contribution in [0.4, 0.5) is 0 Å². The Labute approximate surface area is 190 Å². The van der Waals surface area contributed by atoms with Crippen molar-refractivity contribution in [2.24, 2.45) is 0 Å². The first-order valence-corrected chi connectivity index (χ1v) is 10.3. The molecule has 0 aliphatic carbocycles. The third-order valence-corrected chi connectivity index (χ3v) is 5.55. The number of nitrogens with one attached hydrogen (secondary N) is 1. The Morgan fingerprint density at radius 1 is 0.968 bits per heavy atom. The molecule has 2 N–H and O–H groups in total. The minimum atomic E-state index is -1.12. The molecule has 160 valence electrons. The number of aliphatic carboxylic acids is 1. The Bertz CT molecular complexity index is 1060. The molecule has 0 spiro atoms. The lowest BCUT2D eigenvalue weighted by Gasteiger charge is -2.16. The molecule has 0 bridgehead atoms. The summed E-state index contributed by atoms with van der Waals surface area (Å²) < 4.78 is 5.39.